The number of ketones is 2. The van der Waals surface area contributed by atoms with Gasteiger partial charge in [-0.3, -0.25) is 9.59 Å². The summed E-state index contributed by atoms with van der Waals surface area (Å²) in [7, 11) is 0. The number of halogens is 2. The van der Waals surface area contributed by atoms with Crippen LogP contribution < -0.4 is 4.74 Å². The third-order valence-electron chi connectivity index (χ3n) is 1.87. The van der Waals surface area contributed by atoms with E-state index in [4.69, 9.17) is 27.9 Å². The molecular formula is C11H10Cl2O3. The largest absolute Gasteiger partial charge is 0.492 e. The maximum absolute atomic E-state index is 11.5. The molecule has 0 spiro atoms. The molecule has 0 saturated carbocycles. The lowest BCUT2D eigenvalue weighted by Gasteiger charge is -2.06. The summed E-state index contributed by atoms with van der Waals surface area (Å²) in [6.45, 7) is 2.31. The number of ether oxygens (including phenoxy) is 1. The minimum Gasteiger partial charge on any atom is -0.492 e. The fraction of sp³-hybridized carbons (Fsp3) is 0.273. The van der Waals surface area contributed by atoms with E-state index in [1.54, 1.807) is 6.07 Å². The molecule has 0 saturated heterocycles. The van der Waals surface area contributed by atoms with E-state index in [1.165, 1.54) is 12.1 Å². The topological polar surface area (TPSA) is 43.4 Å². The number of hydrogen-bond acceptors (Lipinski definition) is 3. The third kappa shape index (κ3) is 2.97. The summed E-state index contributed by atoms with van der Waals surface area (Å²) >= 11 is 11.2. The molecule has 86 valence electrons. The number of alkyl halides is 1. The van der Waals surface area contributed by atoms with Crippen molar-refractivity contribution in [2.75, 3.05) is 12.5 Å². The van der Waals surface area contributed by atoms with Crippen molar-refractivity contribution in [2.24, 2.45) is 0 Å². The van der Waals surface area contributed by atoms with Gasteiger partial charge in [0.05, 0.1) is 17.5 Å². The number of hydrogen-bond donors (Lipinski definition) is 0. The van der Waals surface area contributed by atoms with Crippen molar-refractivity contribution in [2.45, 2.75) is 6.92 Å². The molecule has 0 unspecified atom stereocenters. The van der Waals surface area contributed by atoms with Crippen LogP contribution in [0, 0.1) is 0 Å². The summed E-state index contributed by atoms with van der Waals surface area (Å²) in [6, 6.07) is 4.45. The number of carbonyl (C=O) groups excluding carboxylic acids is 2. The van der Waals surface area contributed by atoms with E-state index >= 15 is 0 Å². The maximum Gasteiger partial charge on any atom is 0.229 e. The molecule has 1 aromatic rings. The molecule has 0 aliphatic carbocycles. The summed E-state index contributed by atoms with van der Waals surface area (Å²) in [5, 5.41) is 0.301. The molecule has 0 bridgehead atoms. The van der Waals surface area contributed by atoms with Gasteiger partial charge in [0, 0.05) is 5.56 Å². The molecule has 5 heteroatoms. The van der Waals surface area contributed by atoms with Gasteiger partial charge in [0.25, 0.3) is 0 Å². The Kier molecular flexibility index (Phi) is 4.77. The van der Waals surface area contributed by atoms with Crippen LogP contribution in [0.5, 0.6) is 5.75 Å². The van der Waals surface area contributed by atoms with E-state index in [9.17, 15) is 9.59 Å². The Labute approximate surface area is 103 Å². The van der Waals surface area contributed by atoms with Crippen LogP contribution in [0.25, 0.3) is 0 Å². The van der Waals surface area contributed by atoms with Crippen LogP contribution in [0.2, 0.25) is 5.02 Å². The SMILES string of the molecule is CCOc1ccc(C(=O)C(=O)CCl)cc1Cl. The van der Waals surface area contributed by atoms with Crippen LogP contribution in [0.4, 0.5) is 0 Å². The van der Waals surface area contributed by atoms with E-state index in [0.717, 1.165) is 0 Å². The van der Waals surface area contributed by atoms with Crippen LogP contribution >= 0.6 is 23.2 Å². The Balaban J connectivity index is 2.97. The van der Waals surface area contributed by atoms with Gasteiger partial charge >= 0.3 is 0 Å². The van der Waals surface area contributed by atoms with Gasteiger partial charge in [-0.05, 0) is 25.1 Å². The van der Waals surface area contributed by atoms with Gasteiger partial charge < -0.3 is 4.74 Å². The maximum atomic E-state index is 11.5. The second kappa shape index (κ2) is 5.87. The average molecular weight is 261 g/mol. The van der Waals surface area contributed by atoms with Crippen molar-refractivity contribution < 1.29 is 14.3 Å². The highest BCUT2D eigenvalue weighted by molar-refractivity contribution is 6.51. The van der Waals surface area contributed by atoms with E-state index in [1.807, 2.05) is 6.92 Å². The molecule has 1 aromatic carbocycles. The molecule has 0 amide bonds. The molecule has 0 radical (unpaired) electrons. The van der Waals surface area contributed by atoms with E-state index in [-0.39, 0.29) is 11.4 Å². The number of benzene rings is 1. The van der Waals surface area contributed by atoms with Crippen LogP contribution in [0.3, 0.4) is 0 Å². The zero-order valence-corrected chi connectivity index (χ0v) is 10.1. The van der Waals surface area contributed by atoms with E-state index < -0.39 is 11.6 Å². The van der Waals surface area contributed by atoms with Gasteiger partial charge in [-0.1, -0.05) is 11.6 Å². The zero-order valence-electron chi connectivity index (χ0n) is 8.63. The van der Waals surface area contributed by atoms with Gasteiger partial charge in [0.1, 0.15) is 5.75 Å². The van der Waals surface area contributed by atoms with Crippen molar-refractivity contribution in [3.05, 3.63) is 28.8 Å². The Morgan fingerprint density at radius 1 is 1.38 bits per heavy atom. The van der Waals surface area contributed by atoms with Crippen LogP contribution in [-0.4, -0.2) is 24.1 Å². The first-order valence-electron chi connectivity index (χ1n) is 4.66. The van der Waals surface area contributed by atoms with Gasteiger partial charge in [0.2, 0.25) is 11.6 Å². The lowest BCUT2D eigenvalue weighted by Crippen LogP contribution is -2.15. The molecule has 3 nitrogen and oxygen atoms in total. The Morgan fingerprint density at radius 3 is 2.56 bits per heavy atom. The highest BCUT2D eigenvalue weighted by atomic mass is 35.5. The average Bonchev–Trinajstić information content (AvgIpc) is 2.30. The van der Waals surface area contributed by atoms with Crippen LogP contribution in [0.15, 0.2) is 18.2 Å². The standard InChI is InChI=1S/C11H10Cl2O3/c1-2-16-10-4-3-7(5-8(10)13)11(15)9(14)6-12/h3-5H,2,6H2,1H3. The third-order valence-corrected chi connectivity index (χ3v) is 2.41. The summed E-state index contributed by atoms with van der Waals surface area (Å²) in [5.41, 5.74) is 0.221. The fourth-order valence-corrected chi connectivity index (χ4v) is 1.49. The second-order valence-corrected chi connectivity index (χ2v) is 3.64. The van der Waals surface area contributed by atoms with Crippen LogP contribution in [0.1, 0.15) is 17.3 Å². The molecule has 0 N–H and O–H groups in total. The quantitative estimate of drug-likeness (QED) is 0.465. The zero-order chi connectivity index (χ0) is 12.1. The second-order valence-electron chi connectivity index (χ2n) is 2.96. The first-order chi connectivity index (χ1) is 7.60. The first-order valence-corrected chi connectivity index (χ1v) is 5.57. The lowest BCUT2D eigenvalue weighted by atomic mass is 10.1. The summed E-state index contributed by atoms with van der Waals surface area (Å²) < 4.78 is 5.20. The molecular weight excluding hydrogens is 251 g/mol. The van der Waals surface area contributed by atoms with E-state index in [0.29, 0.717) is 17.4 Å². The predicted octanol–water partition coefficient (Wildman–Crippen LogP) is 2.73. The molecule has 0 aliphatic heterocycles. The van der Waals surface area contributed by atoms with Crippen molar-refractivity contribution in [3.8, 4) is 5.75 Å². The normalized spacial score (nSPS) is 9.94. The summed E-state index contributed by atoms with van der Waals surface area (Å²) in [6.07, 6.45) is 0. The van der Waals surface area contributed by atoms with Gasteiger partial charge in [0.15, 0.2) is 0 Å². The fourth-order valence-electron chi connectivity index (χ4n) is 1.14. The molecule has 0 fully saturated rings. The lowest BCUT2D eigenvalue weighted by molar-refractivity contribution is -0.112. The minimum atomic E-state index is -0.651. The van der Waals surface area contributed by atoms with Crippen molar-refractivity contribution >= 4 is 34.8 Å². The monoisotopic (exact) mass is 260 g/mol. The molecule has 0 aliphatic rings. The molecule has 0 heterocycles. The van der Waals surface area contributed by atoms with Gasteiger partial charge in [-0.2, -0.15) is 0 Å². The summed E-state index contributed by atoms with van der Waals surface area (Å²) in [5.74, 6) is -1.13. The first kappa shape index (κ1) is 13.0. The highest BCUT2D eigenvalue weighted by Gasteiger charge is 2.16. The Morgan fingerprint density at radius 2 is 2.06 bits per heavy atom. The van der Waals surface area contributed by atoms with Crippen molar-refractivity contribution in [1.82, 2.24) is 0 Å². The number of rotatable bonds is 5. The molecule has 1 rings (SSSR count). The minimum absolute atomic E-state index is 0.221. The van der Waals surface area contributed by atoms with Crippen molar-refractivity contribution in [1.29, 1.82) is 0 Å². The van der Waals surface area contributed by atoms with Crippen LogP contribution in [-0.2, 0) is 4.79 Å². The Bertz CT molecular complexity index is 416. The molecule has 16 heavy (non-hydrogen) atoms. The van der Waals surface area contributed by atoms with E-state index in [2.05, 4.69) is 0 Å². The smallest absolute Gasteiger partial charge is 0.229 e. The van der Waals surface area contributed by atoms with Gasteiger partial charge in [-0.25, -0.2) is 0 Å². The summed E-state index contributed by atoms with van der Waals surface area (Å²) in [4.78, 5) is 22.5. The predicted molar refractivity (Wildman–Crippen MR) is 62.7 cm³/mol. The molecule has 0 atom stereocenters. The van der Waals surface area contributed by atoms with Gasteiger partial charge in [-0.15, -0.1) is 11.6 Å². The van der Waals surface area contributed by atoms with Crippen molar-refractivity contribution in [3.63, 3.8) is 0 Å². The number of carbonyl (C=O) groups is 2. The number of Topliss-reactive ketones (excluding diaryl/α,β-unsaturated/α-hetero) is 2. The highest BCUT2D eigenvalue weighted by Crippen LogP contribution is 2.25. The molecule has 0 aromatic heterocycles. The Hall–Kier alpha value is -1.06.